The topological polar surface area (TPSA) is 67.2 Å². The van der Waals surface area contributed by atoms with Gasteiger partial charge in [0.15, 0.2) is 0 Å². The van der Waals surface area contributed by atoms with Crippen molar-refractivity contribution in [3.8, 4) is 0 Å². The van der Waals surface area contributed by atoms with Crippen LogP contribution in [0.25, 0.3) is 0 Å². The molecule has 2 rings (SSSR count). The highest BCUT2D eigenvalue weighted by atomic mass is 16.2. The molecule has 1 aromatic rings. The van der Waals surface area contributed by atoms with Crippen molar-refractivity contribution in [2.24, 2.45) is 7.05 Å². The predicted molar refractivity (Wildman–Crippen MR) is 66.8 cm³/mol. The highest BCUT2D eigenvalue weighted by Crippen LogP contribution is 2.23. The molecule has 98 valence electrons. The number of nitrogens with one attached hydrogen (secondary N) is 1. The van der Waals surface area contributed by atoms with Gasteiger partial charge in [0.25, 0.3) is 0 Å². The standard InChI is InChI=1S/C12H18N4O2/c1-8-4-5-9(2)16(8)12(18)11(17)14-10-6-13-15(3)7-10/h6-9H,4-5H2,1-3H3,(H,14,17)/t8-,9+. The van der Waals surface area contributed by atoms with Gasteiger partial charge >= 0.3 is 11.8 Å². The van der Waals surface area contributed by atoms with Crippen molar-refractivity contribution >= 4 is 17.5 Å². The summed E-state index contributed by atoms with van der Waals surface area (Å²) >= 11 is 0. The average molecular weight is 250 g/mol. The smallest absolute Gasteiger partial charge is 0.314 e. The second kappa shape index (κ2) is 4.80. The summed E-state index contributed by atoms with van der Waals surface area (Å²) in [5.41, 5.74) is 0.537. The van der Waals surface area contributed by atoms with Crippen LogP contribution in [0.15, 0.2) is 12.4 Å². The Hall–Kier alpha value is -1.85. The third kappa shape index (κ3) is 2.37. The highest BCUT2D eigenvalue weighted by Gasteiger charge is 2.34. The van der Waals surface area contributed by atoms with Gasteiger partial charge in [-0.15, -0.1) is 0 Å². The maximum absolute atomic E-state index is 12.1. The van der Waals surface area contributed by atoms with Gasteiger partial charge in [-0.3, -0.25) is 14.3 Å². The van der Waals surface area contributed by atoms with E-state index in [4.69, 9.17) is 0 Å². The van der Waals surface area contributed by atoms with E-state index in [1.807, 2.05) is 13.8 Å². The van der Waals surface area contributed by atoms with Crippen LogP contribution < -0.4 is 5.32 Å². The number of amides is 2. The zero-order chi connectivity index (χ0) is 13.3. The van der Waals surface area contributed by atoms with E-state index >= 15 is 0 Å². The Labute approximate surface area is 106 Å². The first kappa shape index (κ1) is 12.6. The summed E-state index contributed by atoms with van der Waals surface area (Å²) in [7, 11) is 1.75. The van der Waals surface area contributed by atoms with Crippen molar-refractivity contribution < 1.29 is 9.59 Å². The van der Waals surface area contributed by atoms with Gasteiger partial charge in [-0.25, -0.2) is 0 Å². The molecular weight excluding hydrogens is 232 g/mol. The molecule has 6 nitrogen and oxygen atoms in total. The fourth-order valence-electron chi connectivity index (χ4n) is 2.38. The summed E-state index contributed by atoms with van der Waals surface area (Å²) < 4.78 is 1.57. The number of hydrogen-bond acceptors (Lipinski definition) is 3. The molecule has 1 aromatic heterocycles. The molecule has 0 aromatic carbocycles. The Morgan fingerprint density at radius 1 is 1.33 bits per heavy atom. The lowest BCUT2D eigenvalue weighted by molar-refractivity contribution is -0.144. The van der Waals surface area contributed by atoms with Gasteiger partial charge in [0, 0.05) is 25.3 Å². The zero-order valence-corrected chi connectivity index (χ0v) is 10.9. The summed E-state index contributed by atoms with van der Waals surface area (Å²) in [6, 6.07) is 0.263. The lowest BCUT2D eigenvalue weighted by Crippen LogP contribution is -2.44. The average Bonchev–Trinajstić information content (AvgIpc) is 2.85. The number of likely N-dealkylation sites (tertiary alicyclic amines) is 1. The summed E-state index contributed by atoms with van der Waals surface area (Å²) in [5.74, 6) is -1.06. The minimum absolute atomic E-state index is 0.132. The SMILES string of the molecule is C[C@@H]1CC[C@H](C)N1C(=O)C(=O)Nc1cnn(C)c1. The second-order valence-electron chi connectivity index (χ2n) is 4.84. The number of nitrogens with zero attached hydrogens (tertiary/aromatic N) is 3. The fraction of sp³-hybridized carbons (Fsp3) is 0.583. The largest absolute Gasteiger partial charge is 0.329 e. The molecule has 2 atom stereocenters. The van der Waals surface area contributed by atoms with E-state index in [2.05, 4.69) is 10.4 Å². The Balaban J connectivity index is 2.03. The summed E-state index contributed by atoms with van der Waals surface area (Å²) in [4.78, 5) is 25.6. The minimum Gasteiger partial charge on any atom is -0.329 e. The molecule has 1 saturated heterocycles. The first-order valence-corrected chi connectivity index (χ1v) is 6.11. The molecule has 2 heterocycles. The zero-order valence-electron chi connectivity index (χ0n) is 10.9. The number of rotatable bonds is 1. The van der Waals surface area contributed by atoms with Crippen molar-refractivity contribution in [3.05, 3.63) is 12.4 Å². The third-order valence-corrected chi connectivity index (χ3v) is 3.34. The van der Waals surface area contributed by atoms with Crippen LogP contribution in [0, 0.1) is 0 Å². The number of carbonyl (C=O) groups is 2. The predicted octanol–water partition coefficient (Wildman–Crippen LogP) is 0.758. The number of carbonyl (C=O) groups excluding carboxylic acids is 2. The third-order valence-electron chi connectivity index (χ3n) is 3.34. The van der Waals surface area contributed by atoms with E-state index in [9.17, 15) is 9.59 Å². The lowest BCUT2D eigenvalue weighted by Gasteiger charge is -2.25. The first-order chi connectivity index (χ1) is 8.49. The van der Waals surface area contributed by atoms with Gasteiger partial charge in [0.05, 0.1) is 11.9 Å². The van der Waals surface area contributed by atoms with Crippen LogP contribution in [0.5, 0.6) is 0 Å². The Bertz CT molecular complexity index is 458. The molecule has 6 heteroatoms. The highest BCUT2D eigenvalue weighted by molar-refractivity contribution is 6.39. The maximum Gasteiger partial charge on any atom is 0.314 e. The first-order valence-electron chi connectivity index (χ1n) is 6.11. The van der Waals surface area contributed by atoms with Crippen LogP contribution in [0.4, 0.5) is 5.69 Å². The van der Waals surface area contributed by atoms with Gasteiger partial charge < -0.3 is 10.2 Å². The maximum atomic E-state index is 12.1. The molecule has 1 aliphatic heterocycles. The van der Waals surface area contributed by atoms with Crippen LogP contribution in [0.3, 0.4) is 0 Å². The Morgan fingerprint density at radius 2 is 1.94 bits per heavy atom. The molecule has 1 fully saturated rings. The van der Waals surface area contributed by atoms with Crippen LogP contribution in [0.2, 0.25) is 0 Å². The van der Waals surface area contributed by atoms with Gasteiger partial charge in [-0.1, -0.05) is 0 Å². The van der Waals surface area contributed by atoms with Crippen molar-refractivity contribution in [2.45, 2.75) is 38.8 Å². The van der Waals surface area contributed by atoms with Crippen LogP contribution >= 0.6 is 0 Å². The van der Waals surface area contributed by atoms with Gasteiger partial charge in [-0.2, -0.15) is 5.10 Å². The molecule has 0 saturated carbocycles. The Kier molecular flexibility index (Phi) is 3.36. The molecule has 1 aliphatic rings. The summed E-state index contributed by atoms with van der Waals surface area (Å²) in [5, 5.41) is 6.50. The number of hydrogen-bond donors (Lipinski definition) is 1. The Morgan fingerprint density at radius 3 is 2.44 bits per heavy atom. The van der Waals surface area contributed by atoms with E-state index in [0.717, 1.165) is 12.8 Å². The minimum atomic E-state index is -0.594. The van der Waals surface area contributed by atoms with E-state index in [-0.39, 0.29) is 12.1 Å². The number of aromatic nitrogens is 2. The van der Waals surface area contributed by atoms with Crippen molar-refractivity contribution in [1.29, 1.82) is 0 Å². The molecule has 0 bridgehead atoms. The quantitative estimate of drug-likeness (QED) is 0.748. The number of aryl methyl sites for hydroxylation is 1. The monoisotopic (exact) mass is 250 g/mol. The summed E-state index contributed by atoms with van der Waals surface area (Å²) in [6.07, 6.45) is 5.07. The molecule has 0 spiro atoms. The molecule has 0 radical (unpaired) electrons. The van der Waals surface area contributed by atoms with Gasteiger partial charge in [0.1, 0.15) is 0 Å². The molecular formula is C12H18N4O2. The van der Waals surface area contributed by atoms with E-state index in [0.29, 0.717) is 5.69 Å². The molecule has 1 N–H and O–H groups in total. The number of anilines is 1. The second-order valence-corrected chi connectivity index (χ2v) is 4.84. The van der Waals surface area contributed by atoms with Crippen LogP contribution in [0.1, 0.15) is 26.7 Å². The molecule has 0 unspecified atom stereocenters. The molecule has 18 heavy (non-hydrogen) atoms. The normalized spacial score (nSPS) is 23.2. The van der Waals surface area contributed by atoms with E-state index < -0.39 is 11.8 Å². The molecule has 0 aliphatic carbocycles. The molecule has 2 amide bonds. The van der Waals surface area contributed by atoms with Gasteiger partial charge in [0.2, 0.25) is 0 Å². The van der Waals surface area contributed by atoms with Gasteiger partial charge in [-0.05, 0) is 26.7 Å². The summed E-state index contributed by atoms with van der Waals surface area (Å²) in [6.45, 7) is 3.94. The van der Waals surface area contributed by atoms with Crippen LogP contribution in [-0.4, -0.2) is 38.6 Å². The van der Waals surface area contributed by atoms with Crippen molar-refractivity contribution in [2.75, 3.05) is 5.32 Å². The van der Waals surface area contributed by atoms with Crippen molar-refractivity contribution in [1.82, 2.24) is 14.7 Å². The lowest BCUT2D eigenvalue weighted by atomic mass is 10.2. The van der Waals surface area contributed by atoms with E-state index in [1.165, 1.54) is 6.20 Å². The van der Waals surface area contributed by atoms with Crippen molar-refractivity contribution in [3.63, 3.8) is 0 Å². The van der Waals surface area contributed by atoms with E-state index in [1.54, 1.807) is 22.8 Å². The van der Waals surface area contributed by atoms with Crippen LogP contribution in [-0.2, 0) is 16.6 Å². The fourth-order valence-corrected chi connectivity index (χ4v) is 2.38.